The Kier molecular flexibility index (Phi) is 4.68. The molecule has 1 aromatic rings. The Morgan fingerprint density at radius 2 is 2.20 bits per heavy atom. The van der Waals surface area contributed by atoms with E-state index in [-0.39, 0.29) is 5.84 Å². The van der Waals surface area contributed by atoms with Crippen LogP contribution in [-0.2, 0) is 0 Å². The number of hydrogen-bond acceptors (Lipinski definition) is 4. The summed E-state index contributed by atoms with van der Waals surface area (Å²) >= 11 is 1.62. The standard InChI is InChI=1S/C10H17N3OS/c1-7-8(2)14-10(13-7)15-6-4-3-5-9(11)12/h3-6H2,1-2H3,(H3,11,12). The summed E-state index contributed by atoms with van der Waals surface area (Å²) in [4.78, 5) is 4.27. The number of unbranched alkanes of at least 4 members (excludes halogenated alkanes) is 1. The molecule has 0 aromatic carbocycles. The van der Waals surface area contributed by atoms with E-state index < -0.39 is 0 Å². The molecule has 0 fully saturated rings. The van der Waals surface area contributed by atoms with Crippen LogP contribution in [0.3, 0.4) is 0 Å². The van der Waals surface area contributed by atoms with Crippen LogP contribution in [-0.4, -0.2) is 16.6 Å². The van der Waals surface area contributed by atoms with Crippen molar-refractivity contribution in [3.8, 4) is 0 Å². The first-order chi connectivity index (χ1) is 7.09. The Morgan fingerprint density at radius 1 is 1.47 bits per heavy atom. The largest absolute Gasteiger partial charge is 0.437 e. The molecule has 3 N–H and O–H groups in total. The van der Waals surface area contributed by atoms with Crippen LogP contribution in [0, 0.1) is 19.3 Å². The van der Waals surface area contributed by atoms with Gasteiger partial charge in [0.1, 0.15) is 5.76 Å². The summed E-state index contributed by atoms with van der Waals surface area (Å²) in [5.74, 6) is 2.12. The van der Waals surface area contributed by atoms with Crippen LogP contribution in [0.2, 0.25) is 0 Å². The molecule has 0 aliphatic carbocycles. The van der Waals surface area contributed by atoms with Gasteiger partial charge in [0, 0.05) is 12.2 Å². The van der Waals surface area contributed by atoms with E-state index in [2.05, 4.69) is 4.98 Å². The summed E-state index contributed by atoms with van der Waals surface area (Å²) in [5, 5.41) is 7.81. The van der Waals surface area contributed by atoms with Gasteiger partial charge >= 0.3 is 0 Å². The molecule has 0 aliphatic rings. The van der Waals surface area contributed by atoms with Crippen molar-refractivity contribution in [1.82, 2.24) is 4.98 Å². The molecular formula is C10H17N3OS. The molecule has 0 radical (unpaired) electrons. The maximum absolute atomic E-state index is 7.07. The third-order valence-electron chi connectivity index (χ3n) is 2.07. The Balaban J connectivity index is 2.18. The molecule has 0 unspecified atom stereocenters. The highest BCUT2D eigenvalue weighted by atomic mass is 32.2. The van der Waals surface area contributed by atoms with Gasteiger partial charge in [-0.25, -0.2) is 4.98 Å². The molecule has 1 heterocycles. The summed E-state index contributed by atoms with van der Waals surface area (Å²) in [6.45, 7) is 3.86. The monoisotopic (exact) mass is 227 g/mol. The van der Waals surface area contributed by atoms with Crippen LogP contribution in [0.5, 0.6) is 0 Å². The molecule has 0 saturated carbocycles. The SMILES string of the molecule is Cc1nc(SCCCCC(=N)N)oc1C. The van der Waals surface area contributed by atoms with Crippen LogP contribution in [0.1, 0.15) is 30.7 Å². The van der Waals surface area contributed by atoms with Gasteiger partial charge in [0.15, 0.2) is 0 Å². The second kappa shape index (κ2) is 5.80. The van der Waals surface area contributed by atoms with E-state index >= 15 is 0 Å². The number of nitrogens with one attached hydrogen (secondary N) is 1. The number of aryl methyl sites for hydroxylation is 2. The Morgan fingerprint density at radius 3 is 2.73 bits per heavy atom. The minimum atomic E-state index is 0.266. The zero-order chi connectivity index (χ0) is 11.3. The van der Waals surface area contributed by atoms with E-state index in [9.17, 15) is 0 Å². The predicted molar refractivity (Wildman–Crippen MR) is 62.5 cm³/mol. The first kappa shape index (κ1) is 12.1. The number of hydrogen-bond donors (Lipinski definition) is 2. The molecule has 4 nitrogen and oxygen atoms in total. The quantitative estimate of drug-likeness (QED) is 0.339. The van der Waals surface area contributed by atoms with Gasteiger partial charge < -0.3 is 10.2 Å². The Bertz CT molecular complexity index is 316. The molecule has 0 spiro atoms. The summed E-state index contributed by atoms with van der Waals surface area (Å²) in [7, 11) is 0. The Labute approximate surface area is 94.1 Å². The second-order valence-electron chi connectivity index (χ2n) is 3.45. The maximum atomic E-state index is 7.07. The van der Waals surface area contributed by atoms with Crippen molar-refractivity contribution in [2.75, 3.05) is 5.75 Å². The van der Waals surface area contributed by atoms with Gasteiger partial charge in [-0.05, 0) is 26.7 Å². The molecule has 1 aromatic heterocycles. The highest BCUT2D eigenvalue weighted by Gasteiger charge is 2.05. The van der Waals surface area contributed by atoms with Gasteiger partial charge in [-0.3, -0.25) is 5.41 Å². The molecule has 0 bridgehead atoms. The number of thioether (sulfide) groups is 1. The lowest BCUT2D eigenvalue weighted by molar-refractivity contribution is 0.431. The fourth-order valence-corrected chi connectivity index (χ4v) is 1.99. The van der Waals surface area contributed by atoms with E-state index in [4.69, 9.17) is 15.6 Å². The van der Waals surface area contributed by atoms with Crippen molar-refractivity contribution < 1.29 is 4.42 Å². The fraction of sp³-hybridized carbons (Fsp3) is 0.600. The Hall–Kier alpha value is -0.970. The van der Waals surface area contributed by atoms with Crippen LogP contribution in [0.4, 0.5) is 0 Å². The second-order valence-corrected chi connectivity index (χ2v) is 4.50. The number of nitrogens with two attached hydrogens (primary N) is 1. The molecule has 0 amide bonds. The van der Waals surface area contributed by atoms with Crippen LogP contribution in [0.25, 0.3) is 0 Å². The molecule has 0 aliphatic heterocycles. The summed E-state index contributed by atoms with van der Waals surface area (Å²) < 4.78 is 5.43. The molecule has 84 valence electrons. The number of aromatic nitrogens is 1. The van der Waals surface area contributed by atoms with Gasteiger partial charge in [-0.15, -0.1) is 0 Å². The van der Waals surface area contributed by atoms with Gasteiger partial charge in [-0.2, -0.15) is 0 Å². The average molecular weight is 227 g/mol. The zero-order valence-corrected chi connectivity index (χ0v) is 9.99. The lowest BCUT2D eigenvalue weighted by atomic mass is 10.2. The number of oxazole rings is 1. The maximum Gasteiger partial charge on any atom is 0.256 e. The lowest BCUT2D eigenvalue weighted by Gasteiger charge is -1.97. The number of rotatable bonds is 6. The van der Waals surface area contributed by atoms with Crippen molar-refractivity contribution in [2.45, 2.75) is 38.3 Å². The van der Waals surface area contributed by atoms with Crippen molar-refractivity contribution >= 4 is 17.6 Å². The van der Waals surface area contributed by atoms with Crippen LogP contribution < -0.4 is 5.73 Å². The van der Waals surface area contributed by atoms with Crippen molar-refractivity contribution in [1.29, 1.82) is 5.41 Å². The normalized spacial score (nSPS) is 10.5. The van der Waals surface area contributed by atoms with Gasteiger partial charge in [0.25, 0.3) is 5.22 Å². The topological polar surface area (TPSA) is 75.9 Å². The molecule has 1 rings (SSSR count). The predicted octanol–water partition coefficient (Wildman–Crippen LogP) is 2.49. The fourth-order valence-electron chi connectivity index (χ4n) is 1.08. The van der Waals surface area contributed by atoms with E-state index in [0.29, 0.717) is 6.42 Å². The summed E-state index contributed by atoms with van der Waals surface area (Å²) in [6, 6.07) is 0. The smallest absolute Gasteiger partial charge is 0.256 e. The van der Waals surface area contributed by atoms with Gasteiger partial charge in [-0.1, -0.05) is 11.8 Å². The first-order valence-electron chi connectivity index (χ1n) is 4.99. The molecule has 15 heavy (non-hydrogen) atoms. The minimum absolute atomic E-state index is 0.266. The van der Waals surface area contributed by atoms with Gasteiger partial charge in [0.05, 0.1) is 11.5 Å². The van der Waals surface area contributed by atoms with Crippen molar-refractivity contribution in [2.24, 2.45) is 5.73 Å². The van der Waals surface area contributed by atoms with Crippen molar-refractivity contribution in [3.63, 3.8) is 0 Å². The molecule has 0 atom stereocenters. The van der Waals surface area contributed by atoms with E-state index in [1.807, 2.05) is 13.8 Å². The third-order valence-corrected chi connectivity index (χ3v) is 2.99. The molecule has 0 saturated heterocycles. The number of amidine groups is 1. The van der Waals surface area contributed by atoms with Crippen LogP contribution >= 0.6 is 11.8 Å². The first-order valence-corrected chi connectivity index (χ1v) is 5.98. The van der Waals surface area contributed by atoms with E-state index in [1.165, 1.54) is 0 Å². The zero-order valence-electron chi connectivity index (χ0n) is 9.17. The van der Waals surface area contributed by atoms with Crippen LogP contribution in [0.15, 0.2) is 9.64 Å². The third kappa shape index (κ3) is 4.38. The average Bonchev–Trinajstić information content (AvgIpc) is 2.45. The van der Waals surface area contributed by atoms with Crippen molar-refractivity contribution in [3.05, 3.63) is 11.5 Å². The van der Waals surface area contributed by atoms with Gasteiger partial charge in [0.2, 0.25) is 0 Å². The summed E-state index contributed by atoms with van der Waals surface area (Å²) in [5.41, 5.74) is 6.21. The highest BCUT2D eigenvalue weighted by Crippen LogP contribution is 2.21. The molecule has 5 heteroatoms. The highest BCUT2D eigenvalue weighted by molar-refractivity contribution is 7.99. The summed E-state index contributed by atoms with van der Waals surface area (Å²) in [6.07, 6.45) is 2.68. The van der Waals surface area contributed by atoms with E-state index in [0.717, 1.165) is 35.3 Å². The minimum Gasteiger partial charge on any atom is -0.437 e. The molecular weight excluding hydrogens is 210 g/mol. The lowest BCUT2D eigenvalue weighted by Crippen LogP contribution is -2.08. The van der Waals surface area contributed by atoms with E-state index in [1.54, 1.807) is 11.8 Å². The number of nitrogens with zero attached hydrogens (tertiary/aromatic N) is 1.